The van der Waals surface area contributed by atoms with Crippen molar-refractivity contribution in [2.75, 3.05) is 7.05 Å². The van der Waals surface area contributed by atoms with Crippen molar-refractivity contribution < 1.29 is 4.79 Å². The number of benzene rings is 2. The van der Waals surface area contributed by atoms with Crippen LogP contribution in [0.5, 0.6) is 0 Å². The van der Waals surface area contributed by atoms with E-state index in [4.69, 9.17) is 7.85 Å². The number of allylic oxidation sites excluding steroid dienone is 3. The number of fused-ring (bicyclic) bond motifs is 1. The van der Waals surface area contributed by atoms with Crippen molar-refractivity contribution in [3.63, 3.8) is 0 Å². The molecule has 0 heterocycles. The van der Waals surface area contributed by atoms with Crippen molar-refractivity contribution in [3.05, 3.63) is 88.5 Å². The number of nitrogens with one attached hydrogen (secondary N) is 1. The average molecular weight is 311 g/mol. The van der Waals surface area contributed by atoms with Gasteiger partial charge < -0.3 is 5.32 Å². The van der Waals surface area contributed by atoms with E-state index >= 15 is 0 Å². The Kier molecular flexibility index (Phi) is 4.26. The Morgan fingerprint density at radius 1 is 1.12 bits per heavy atom. The molecule has 0 saturated carbocycles. The van der Waals surface area contributed by atoms with E-state index < -0.39 is 0 Å². The Bertz CT molecular complexity index is 886. The summed E-state index contributed by atoms with van der Waals surface area (Å²) in [6.07, 6.45) is 3.78. The molecule has 0 spiro atoms. The van der Waals surface area contributed by atoms with Gasteiger partial charge in [-0.05, 0) is 23.6 Å². The van der Waals surface area contributed by atoms with Crippen LogP contribution in [0, 0.1) is 6.92 Å². The standard InChI is InChI=1S/C21H18BNO/c1-13-7-6-10-18(22)15(13)12-11-14(2)19-20(23-3)16-8-4-5-9-17(16)21(19)24/h4-12,23H,2H2,1,3H3/b12-11-. The van der Waals surface area contributed by atoms with Crippen molar-refractivity contribution in [2.45, 2.75) is 6.92 Å². The SMILES string of the molecule is [B]c1cccc(C)c1/C=C\C(=C)C1=C(NC)c2ccccc2C1=O. The Morgan fingerprint density at radius 3 is 2.50 bits per heavy atom. The van der Waals surface area contributed by atoms with Gasteiger partial charge in [0, 0.05) is 18.2 Å². The first-order valence-corrected chi connectivity index (χ1v) is 7.83. The first kappa shape index (κ1) is 16.1. The van der Waals surface area contributed by atoms with E-state index in [-0.39, 0.29) is 5.78 Å². The van der Waals surface area contributed by atoms with Gasteiger partial charge in [-0.3, -0.25) is 4.79 Å². The summed E-state index contributed by atoms with van der Waals surface area (Å²) in [6.45, 7) is 6.10. The lowest BCUT2D eigenvalue weighted by molar-refractivity contribution is 0.104. The molecule has 0 aromatic heterocycles. The molecule has 0 unspecified atom stereocenters. The number of hydrogen-bond donors (Lipinski definition) is 1. The lowest BCUT2D eigenvalue weighted by atomic mass is 9.87. The molecule has 0 amide bonds. The summed E-state index contributed by atoms with van der Waals surface area (Å²) in [5, 5.41) is 3.14. The van der Waals surface area contributed by atoms with Crippen LogP contribution in [0.15, 0.2) is 66.3 Å². The summed E-state index contributed by atoms with van der Waals surface area (Å²) in [5.74, 6) is 0.00218. The second-order valence-electron chi connectivity index (χ2n) is 5.81. The molecular weight excluding hydrogens is 293 g/mol. The minimum atomic E-state index is 0.00218. The topological polar surface area (TPSA) is 29.1 Å². The van der Waals surface area contributed by atoms with Gasteiger partial charge in [-0.1, -0.05) is 66.7 Å². The maximum atomic E-state index is 12.7. The molecule has 1 aliphatic carbocycles. The van der Waals surface area contributed by atoms with E-state index in [0.29, 0.717) is 22.2 Å². The average Bonchev–Trinajstić information content (AvgIpc) is 2.87. The zero-order valence-electron chi connectivity index (χ0n) is 13.9. The van der Waals surface area contributed by atoms with Gasteiger partial charge >= 0.3 is 0 Å². The first-order valence-electron chi connectivity index (χ1n) is 7.83. The van der Waals surface area contributed by atoms with Crippen molar-refractivity contribution in [1.29, 1.82) is 0 Å². The monoisotopic (exact) mass is 311 g/mol. The molecule has 0 bridgehead atoms. The predicted molar refractivity (Wildman–Crippen MR) is 101 cm³/mol. The van der Waals surface area contributed by atoms with E-state index in [1.54, 1.807) is 0 Å². The van der Waals surface area contributed by atoms with Crippen molar-refractivity contribution in [2.24, 2.45) is 0 Å². The molecule has 0 fully saturated rings. The van der Waals surface area contributed by atoms with Crippen LogP contribution in [0.4, 0.5) is 0 Å². The van der Waals surface area contributed by atoms with Crippen LogP contribution < -0.4 is 10.8 Å². The quantitative estimate of drug-likeness (QED) is 0.694. The fourth-order valence-corrected chi connectivity index (χ4v) is 3.05. The predicted octanol–water partition coefficient (Wildman–Crippen LogP) is 3.19. The second-order valence-corrected chi connectivity index (χ2v) is 5.81. The third kappa shape index (κ3) is 2.63. The van der Waals surface area contributed by atoms with Gasteiger partial charge in [-0.25, -0.2) is 0 Å². The molecule has 24 heavy (non-hydrogen) atoms. The summed E-state index contributed by atoms with van der Waals surface area (Å²) >= 11 is 0. The number of aryl methyl sites for hydroxylation is 1. The van der Waals surface area contributed by atoms with Crippen molar-refractivity contribution in [1.82, 2.24) is 5.32 Å². The van der Waals surface area contributed by atoms with Crippen LogP contribution in [0.25, 0.3) is 11.8 Å². The third-order valence-corrected chi connectivity index (χ3v) is 4.30. The molecule has 0 aliphatic heterocycles. The second kappa shape index (κ2) is 6.36. The van der Waals surface area contributed by atoms with E-state index in [1.807, 2.05) is 68.6 Å². The molecule has 116 valence electrons. The molecule has 0 atom stereocenters. The molecule has 2 aromatic rings. The summed E-state index contributed by atoms with van der Waals surface area (Å²) in [6, 6.07) is 13.4. The van der Waals surface area contributed by atoms with Crippen LogP contribution in [0.3, 0.4) is 0 Å². The Labute approximate surface area is 144 Å². The minimum absolute atomic E-state index is 0.00218. The molecule has 0 saturated heterocycles. The summed E-state index contributed by atoms with van der Waals surface area (Å²) in [7, 11) is 7.86. The van der Waals surface area contributed by atoms with E-state index in [1.165, 1.54) is 0 Å². The largest absolute Gasteiger partial charge is 0.387 e. The lowest BCUT2D eigenvalue weighted by Gasteiger charge is -2.08. The number of carbonyl (C=O) groups excluding carboxylic acids is 1. The number of ketones is 1. The molecular formula is C21H18BNO. The highest BCUT2D eigenvalue weighted by molar-refractivity contribution is 6.34. The lowest BCUT2D eigenvalue weighted by Crippen LogP contribution is -2.08. The van der Waals surface area contributed by atoms with E-state index in [0.717, 1.165) is 22.4 Å². The van der Waals surface area contributed by atoms with E-state index in [9.17, 15) is 4.79 Å². The first-order chi connectivity index (χ1) is 11.5. The fourth-order valence-electron chi connectivity index (χ4n) is 3.05. The van der Waals surface area contributed by atoms with E-state index in [2.05, 4.69) is 11.9 Å². The highest BCUT2D eigenvalue weighted by Crippen LogP contribution is 2.34. The highest BCUT2D eigenvalue weighted by Gasteiger charge is 2.29. The maximum Gasteiger partial charge on any atom is 0.196 e. The number of Topliss-reactive ketones (excluding diaryl/α,β-unsaturated/α-hetero) is 1. The van der Waals surface area contributed by atoms with Gasteiger partial charge in [-0.2, -0.15) is 0 Å². The molecule has 3 rings (SSSR count). The van der Waals surface area contributed by atoms with Gasteiger partial charge in [0.2, 0.25) is 0 Å². The Morgan fingerprint density at radius 2 is 1.83 bits per heavy atom. The van der Waals surface area contributed by atoms with Crippen LogP contribution in [-0.2, 0) is 0 Å². The molecule has 3 heteroatoms. The number of carbonyl (C=O) groups is 1. The number of hydrogen-bond acceptors (Lipinski definition) is 2. The highest BCUT2D eigenvalue weighted by atomic mass is 16.1. The summed E-state index contributed by atoms with van der Waals surface area (Å²) < 4.78 is 0. The molecule has 1 aliphatic rings. The van der Waals surface area contributed by atoms with Crippen LogP contribution >= 0.6 is 0 Å². The Balaban J connectivity index is 1.99. The van der Waals surface area contributed by atoms with Gasteiger partial charge in [-0.15, -0.1) is 0 Å². The van der Waals surface area contributed by atoms with Crippen LogP contribution in [0.2, 0.25) is 0 Å². The van der Waals surface area contributed by atoms with Gasteiger partial charge in [0.15, 0.2) is 5.78 Å². The smallest absolute Gasteiger partial charge is 0.196 e. The minimum Gasteiger partial charge on any atom is -0.387 e. The van der Waals surface area contributed by atoms with Gasteiger partial charge in [0.1, 0.15) is 7.85 Å². The fraction of sp³-hybridized carbons (Fsp3) is 0.0952. The zero-order valence-corrected chi connectivity index (χ0v) is 13.9. The normalized spacial score (nSPS) is 13.5. The molecule has 2 radical (unpaired) electrons. The van der Waals surface area contributed by atoms with Crippen molar-refractivity contribution >= 4 is 30.9 Å². The molecule has 2 nitrogen and oxygen atoms in total. The molecule has 1 N–H and O–H groups in total. The van der Waals surface area contributed by atoms with Gasteiger partial charge in [0.25, 0.3) is 0 Å². The number of rotatable bonds is 4. The zero-order chi connectivity index (χ0) is 17.3. The summed E-state index contributed by atoms with van der Waals surface area (Å²) in [4.78, 5) is 12.7. The maximum absolute atomic E-state index is 12.7. The third-order valence-electron chi connectivity index (χ3n) is 4.30. The Hall–Kier alpha value is -2.81. The van der Waals surface area contributed by atoms with Crippen molar-refractivity contribution in [3.8, 4) is 0 Å². The van der Waals surface area contributed by atoms with Gasteiger partial charge in [0.05, 0.1) is 11.3 Å². The summed E-state index contributed by atoms with van der Waals surface area (Å²) in [5.41, 5.74) is 6.49. The van der Waals surface area contributed by atoms with Crippen LogP contribution in [0.1, 0.15) is 27.0 Å². The van der Waals surface area contributed by atoms with Crippen LogP contribution in [-0.4, -0.2) is 20.7 Å². The molecule has 2 aromatic carbocycles.